The van der Waals surface area contributed by atoms with Gasteiger partial charge in [-0.05, 0) is 52.9 Å². The van der Waals surface area contributed by atoms with Gasteiger partial charge in [0, 0.05) is 28.9 Å². The molecule has 7 nitrogen and oxygen atoms in total. The van der Waals surface area contributed by atoms with Crippen molar-refractivity contribution in [3.05, 3.63) is 89.1 Å². The molecule has 4 aromatic rings. The van der Waals surface area contributed by atoms with Crippen LogP contribution in [0.25, 0.3) is 22.0 Å². The molecule has 7 heteroatoms. The molecule has 0 aliphatic heterocycles. The topological polar surface area (TPSA) is 101 Å². The zero-order valence-electron chi connectivity index (χ0n) is 19.5. The molecule has 35 heavy (non-hydrogen) atoms. The first-order valence-corrected chi connectivity index (χ1v) is 11.5. The van der Waals surface area contributed by atoms with Gasteiger partial charge in [-0.15, -0.1) is 0 Å². The fraction of sp³-hybridized carbons (Fsp3) is 0.214. The number of rotatable bonds is 7. The Bertz CT molecular complexity index is 1380. The third kappa shape index (κ3) is 4.21. The average molecular weight is 471 g/mol. The van der Waals surface area contributed by atoms with Crippen LogP contribution in [0, 0.1) is 6.92 Å². The zero-order chi connectivity index (χ0) is 24.5. The summed E-state index contributed by atoms with van der Waals surface area (Å²) in [6, 6.07) is 20.6. The molecule has 1 aromatic heterocycles. The first-order valence-electron chi connectivity index (χ1n) is 11.5. The number of aryl methyl sites for hydroxylation is 1. The van der Waals surface area contributed by atoms with Gasteiger partial charge in [-0.3, -0.25) is 0 Å². The van der Waals surface area contributed by atoms with Gasteiger partial charge in [0.05, 0.1) is 7.11 Å². The van der Waals surface area contributed by atoms with E-state index in [2.05, 4.69) is 22.4 Å². The molecule has 1 amide bonds. The fourth-order valence-electron chi connectivity index (χ4n) is 4.94. The second kappa shape index (κ2) is 9.18. The molecule has 1 unspecified atom stereocenters. The van der Waals surface area contributed by atoms with Crippen molar-refractivity contribution >= 4 is 23.0 Å². The van der Waals surface area contributed by atoms with Crippen molar-refractivity contribution in [1.29, 1.82) is 0 Å². The Balaban J connectivity index is 1.31. The number of carboxylic acids is 1. The van der Waals surface area contributed by atoms with E-state index < -0.39 is 18.1 Å². The molecule has 178 valence electrons. The highest BCUT2D eigenvalue weighted by Crippen LogP contribution is 2.44. The van der Waals surface area contributed by atoms with E-state index in [4.69, 9.17) is 9.47 Å². The number of methoxy groups -OCH3 is 1. The zero-order valence-corrected chi connectivity index (χ0v) is 19.5. The van der Waals surface area contributed by atoms with Crippen molar-refractivity contribution in [3.63, 3.8) is 0 Å². The van der Waals surface area contributed by atoms with Gasteiger partial charge in [-0.2, -0.15) is 0 Å². The molecule has 0 saturated heterocycles. The number of H-pyrrole nitrogens is 1. The van der Waals surface area contributed by atoms with Crippen LogP contribution in [0.4, 0.5) is 4.79 Å². The lowest BCUT2D eigenvalue weighted by Crippen LogP contribution is -2.43. The van der Waals surface area contributed by atoms with Crippen LogP contribution in [0.5, 0.6) is 5.75 Å². The lowest BCUT2D eigenvalue weighted by molar-refractivity contribution is -0.139. The number of hydrogen-bond donors (Lipinski definition) is 3. The number of ether oxygens (including phenoxy) is 2. The summed E-state index contributed by atoms with van der Waals surface area (Å²) in [5.41, 5.74) is 6.98. The van der Waals surface area contributed by atoms with Gasteiger partial charge < -0.3 is 24.9 Å². The molecule has 1 heterocycles. The molecule has 0 bridgehead atoms. The summed E-state index contributed by atoms with van der Waals surface area (Å²) in [4.78, 5) is 28.0. The third-order valence-electron chi connectivity index (χ3n) is 6.67. The number of carboxylic acid groups (broad SMARTS) is 1. The number of alkyl carbamates (subject to hydrolysis) is 1. The number of aliphatic carboxylic acids is 1. The third-order valence-corrected chi connectivity index (χ3v) is 6.67. The maximum atomic E-state index is 12.7. The minimum Gasteiger partial charge on any atom is -0.497 e. The van der Waals surface area contributed by atoms with E-state index in [1.54, 1.807) is 7.11 Å². The van der Waals surface area contributed by atoms with Crippen molar-refractivity contribution < 1.29 is 24.2 Å². The standard InChI is InChI=1S/C28H26N2O5/c1-16-22(23-13-17(34-2)11-12-25(23)29-16)14-26(27(31)32)30-28(33)35-15-24-20-9-5-3-7-18(20)19-8-4-6-10-21(19)24/h3-13,24,26,29H,14-15H2,1-2H3,(H,30,33)(H,31,32). The van der Waals surface area contributed by atoms with E-state index in [0.717, 1.165) is 44.4 Å². The highest BCUT2D eigenvalue weighted by atomic mass is 16.5. The molecule has 1 aliphatic rings. The van der Waals surface area contributed by atoms with Crippen LogP contribution in [-0.2, 0) is 16.0 Å². The minimum absolute atomic E-state index is 0.0974. The number of aromatic nitrogens is 1. The van der Waals surface area contributed by atoms with Crippen molar-refractivity contribution in [2.24, 2.45) is 0 Å². The number of carbonyl (C=O) groups is 2. The van der Waals surface area contributed by atoms with E-state index >= 15 is 0 Å². The molecule has 1 aliphatic carbocycles. The number of aromatic amines is 1. The number of nitrogens with one attached hydrogen (secondary N) is 2. The molecular weight excluding hydrogens is 444 g/mol. The quantitative estimate of drug-likeness (QED) is 0.352. The van der Waals surface area contributed by atoms with Crippen LogP contribution in [0.3, 0.4) is 0 Å². The van der Waals surface area contributed by atoms with Crippen LogP contribution in [0.15, 0.2) is 66.7 Å². The first-order chi connectivity index (χ1) is 17.0. The largest absolute Gasteiger partial charge is 0.497 e. The van der Waals surface area contributed by atoms with Crippen LogP contribution in [0.2, 0.25) is 0 Å². The molecular formula is C28H26N2O5. The number of fused-ring (bicyclic) bond motifs is 4. The summed E-state index contributed by atoms with van der Waals surface area (Å²) < 4.78 is 10.9. The molecule has 5 rings (SSSR count). The summed E-state index contributed by atoms with van der Waals surface area (Å²) in [6.07, 6.45) is -0.646. The van der Waals surface area contributed by atoms with Crippen LogP contribution in [0.1, 0.15) is 28.3 Å². The molecule has 3 N–H and O–H groups in total. The van der Waals surface area contributed by atoms with Crippen LogP contribution < -0.4 is 10.1 Å². The highest BCUT2D eigenvalue weighted by molar-refractivity contribution is 5.88. The summed E-state index contributed by atoms with van der Waals surface area (Å²) in [5, 5.41) is 13.2. The summed E-state index contributed by atoms with van der Waals surface area (Å²) >= 11 is 0. The van der Waals surface area contributed by atoms with E-state index in [-0.39, 0.29) is 18.9 Å². The van der Waals surface area contributed by atoms with Gasteiger partial charge in [-0.25, -0.2) is 9.59 Å². The average Bonchev–Trinajstić information content (AvgIpc) is 3.35. The van der Waals surface area contributed by atoms with E-state index in [1.807, 2.05) is 61.5 Å². The normalized spacial score (nSPS) is 13.2. The second-order valence-electron chi connectivity index (χ2n) is 8.70. The van der Waals surface area contributed by atoms with Crippen molar-refractivity contribution in [2.75, 3.05) is 13.7 Å². The summed E-state index contributed by atoms with van der Waals surface area (Å²) in [6.45, 7) is 2.00. The lowest BCUT2D eigenvalue weighted by Gasteiger charge is -2.18. The van der Waals surface area contributed by atoms with Crippen LogP contribution in [-0.4, -0.2) is 41.9 Å². The molecule has 0 saturated carbocycles. The molecule has 0 fully saturated rings. The van der Waals surface area contributed by atoms with E-state index in [9.17, 15) is 14.7 Å². The second-order valence-corrected chi connectivity index (χ2v) is 8.70. The Morgan fingerprint density at radius 2 is 1.69 bits per heavy atom. The number of hydrogen-bond acceptors (Lipinski definition) is 4. The number of benzene rings is 3. The van der Waals surface area contributed by atoms with Gasteiger partial charge in [0.2, 0.25) is 0 Å². The van der Waals surface area contributed by atoms with Crippen LogP contribution >= 0.6 is 0 Å². The van der Waals surface area contributed by atoms with Gasteiger partial charge in [0.1, 0.15) is 18.4 Å². The number of carbonyl (C=O) groups excluding carboxylic acids is 1. The van der Waals surface area contributed by atoms with E-state index in [0.29, 0.717) is 5.75 Å². The Kier molecular flexibility index (Phi) is 5.91. The molecule has 0 radical (unpaired) electrons. The number of amides is 1. The Hall–Kier alpha value is -4.26. The summed E-state index contributed by atoms with van der Waals surface area (Å²) in [7, 11) is 1.58. The monoisotopic (exact) mass is 470 g/mol. The maximum Gasteiger partial charge on any atom is 0.407 e. The van der Waals surface area contributed by atoms with Gasteiger partial charge in [0.15, 0.2) is 0 Å². The Morgan fingerprint density at radius 3 is 2.31 bits per heavy atom. The van der Waals surface area contributed by atoms with Crippen molar-refractivity contribution in [3.8, 4) is 16.9 Å². The highest BCUT2D eigenvalue weighted by Gasteiger charge is 2.30. The van der Waals surface area contributed by atoms with Gasteiger partial charge in [-0.1, -0.05) is 48.5 Å². The van der Waals surface area contributed by atoms with Crippen molar-refractivity contribution in [2.45, 2.75) is 25.3 Å². The molecule has 0 spiro atoms. The predicted octanol–water partition coefficient (Wildman–Crippen LogP) is 5.02. The van der Waals surface area contributed by atoms with Gasteiger partial charge >= 0.3 is 12.1 Å². The summed E-state index contributed by atoms with van der Waals surface area (Å²) in [5.74, 6) is -0.552. The van der Waals surface area contributed by atoms with E-state index in [1.165, 1.54) is 0 Å². The SMILES string of the molecule is COc1ccc2[nH]c(C)c(CC(NC(=O)OCC3c4ccccc4-c4ccccc43)C(=O)O)c2c1. The Morgan fingerprint density at radius 1 is 1.03 bits per heavy atom. The smallest absolute Gasteiger partial charge is 0.407 e. The fourth-order valence-corrected chi connectivity index (χ4v) is 4.94. The van der Waals surface area contributed by atoms with Gasteiger partial charge in [0.25, 0.3) is 0 Å². The van der Waals surface area contributed by atoms with Crippen molar-refractivity contribution in [1.82, 2.24) is 10.3 Å². The predicted molar refractivity (Wildman–Crippen MR) is 133 cm³/mol. The first kappa shape index (κ1) is 22.5. The molecule has 1 atom stereocenters. The Labute approximate surface area is 202 Å². The lowest BCUT2D eigenvalue weighted by atomic mass is 9.98. The minimum atomic E-state index is -1.14. The molecule has 3 aromatic carbocycles. The maximum absolute atomic E-state index is 12.7.